The average molecular weight is 439 g/mol. The molecule has 0 N–H and O–H groups in total. The van der Waals surface area contributed by atoms with Crippen LogP contribution in [0.4, 0.5) is 0 Å². The first-order valence-corrected chi connectivity index (χ1v) is 12.4. The molecule has 2 heterocycles. The molecule has 3 aromatic rings. The van der Waals surface area contributed by atoms with E-state index in [1.165, 1.54) is 94.9 Å². The molecule has 0 radical (unpaired) electrons. The normalized spacial score (nSPS) is 19.9. The Labute approximate surface area is 199 Å². The van der Waals surface area contributed by atoms with Crippen molar-refractivity contribution in [3.8, 4) is 5.69 Å². The first-order chi connectivity index (χ1) is 15.4. The highest BCUT2D eigenvalue weighted by molar-refractivity contribution is 5.89. The number of nitrogens with zero attached hydrogens (tertiary/aromatic N) is 2. The lowest BCUT2D eigenvalue weighted by atomic mass is 9.66. The molecule has 2 aromatic carbocycles. The lowest BCUT2D eigenvalue weighted by Crippen LogP contribution is -2.30. The molecule has 0 amide bonds. The van der Waals surface area contributed by atoms with Gasteiger partial charge in [-0.2, -0.15) is 0 Å². The zero-order chi connectivity index (χ0) is 24.3. The number of imidazole rings is 1. The van der Waals surface area contributed by atoms with Crippen LogP contribution in [0.1, 0.15) is 95.4 Å². The molecular weight excluding hydrogens is 400 g/mol. The Balaban J connectivity index is 2.08. The second kappa shape index (κ2) is 6.95. The minimum Gasteiger partial charge on any atom is -0.295 e. The van der Waals surface area contributed by atoms with Crippen LogP contribution in [0.2, 0.25) is 0 Å². The number of hydrogen-bond donors (Lipinski definition) is 0. The first-order valence-electron chi connectivity index (χ1n) is 12.4. The number of allylic oxidation sites excluding steroid dienone is 4. The zero-order valence-corrected chi connectivity index (χ0v) is 22.5. The topological polar surface area (TPSA) is 17.8 Å². The van der Waals surface area contributed by atoms with E-state index in [9.17, 15) is 0 Å². The van der Waals surface area contributed by atoms with Crippen molar-refractivity contribution in [1.29, 1.82) is 0 Å². The average Bonchev–Trinajstić information content (AvgIpc) is 3.19. The van der Waals surface area contributed by atoms with E-state index in [1.54, 1.807) is 0 Å². The van der Waals surface area contributed by atoms with Crippen LogP contribution in [0.15, 0.2) is 22.3 Å². The van der Waals surface area contributed by atoms with Crippen LogP contribution in [0.3, 0.4) is 0 Å². The minimum atomic E-state index is 0.285. The third-order valence-electron chi connectivity index (χ3n) is 9.83. The molecule has 0 fully saturated rings. The number of aromatic nitrogens is 2. The summed E-state index contributed by atoms with van der Waals surface area (Å²) in [6.07, 6.45) is 0. The van der Waals surface area contributed by atoms with Crippen LogP contribution in [-0.2, 0) is 0 Å². The van der Waals surface area contributed by atoms with Gasteiger partial charge in [-0.1, -0.05) is 11.1 Å². The third kappa shape index (κ3) is 2.53. The van der Waals surface area contributed by atoms with Gasteiger partial charge in [0.05, 0.1) is 16.7 Å². The molecule has 2 heteroatoms. The fourth-order valence-corrected chi connectivity index (χ4v) is 6.67. The largest absolute Gasteiger partial charge is 0.295 e. The maximum absolute atomic E-state index is 5.47. The van der Waals surface area contributed by atoms with Crippen molar-refractivity contribution >= 4 is 11.0 Å². The Hall–Kier alpha value is -2.61. The predicted octanol–water partition coefficient (Wildman–Crippen LogP) is 8.36. The van der Waals surface area contributed by atoms with Crippen LogP contribution >= 0.6 is 0 Å². The van der Waals surface area contributed by atoms with Crippen LogP contribution in [-0.4, -0.2) is 9.55 Å². The van der Waals surface area contributed by atoms with Gasteiger partial charge in [-0.05, 0) is 144 Å². The Bertz CT molecular complexity index is 1470. The summed E-state index contributed by atoms with van der Waals surface area (Å²) >= 11 is 0. The van der Waals surface area contributed by atoms with Crippen molar-refractivity contribution in [2.24, 2.45) is 0 Å². The Kier molecular flexibility index (Phi) is 4.67. The van der Waals surface area contributed by atoms with Gasteiger partial charge in [0.15, 0.2) is 0 Å². The van der Waals surface area contributed by atoms with E-state index in [-0.39, 0.29) is 5.92 Å². The van der Waals surface area contributed by atoms with Gasteiger partial charge in [0, 0.05) is 11.8 Å². The summed E-state index contributed by atoms with van der Waals surface area (Å²) in [5.74, 6) is 1.87. The summed E-state index contributed by atoms with van der Waals surface area (Å²) in [6.45, 7) is 27.7. The molecule has 2 unspecified atom stereocenters. The van der Waals surface area contributed by atoms with Crippen molar-refractivity contribution in [2.45, 2.75) is 94.9 Å². The fraction of sp³-hybridized carbons (Fsp3) is 0.452. The second-order valence-corrected chi connectivity index (χ2v) is 10.8. The Morgan fingerprint density at radius 2 is 1.00 bits per heavy atom. The van der Waals surface area contributed by atoms with Crippen LogP contribution in [0.5, 0.6) is 0 Å². The zero-order valence-electron chi connectivity index (χ0n) is 22.5. The van der Waals surface area contributed by atoms with Gasteiger partial charge < -0.3 is 0 Å². The van der Waals surface area contributed by atoms with Crippen LogP contribution in [0, 0.1) is 55.4 Å². The highest BCUT2D eigenvalue weighted by Gasteiger charge is 2.43. The summed E-state index contributed by atoms with van der Waals surface area (Å²) in [5.41, 5.74) is 22.4. The van der Waals surface area contributed by atoms with Gasteiger partial charge >= 0.3 is 0 Å². The maximum Gasteiger partial charge on any atom is 0.122 e. The summed E-state index contributed by atoms with van der Waals surface area (Å²) in [4.78, 5) is 5.47. The van der Waals surface area contributed by atoms with Gasteiger partial charge in [-0.3, -0.25) is 4.57 Å². The lowest BCUT2D eigenvalue weighted by Gasteiger charge is -2.42. The molecule has 0 bridgehead atoms. The fourth-order valence-electron chi connectivity index (χ4n) is 6.67. The van der Waals surface area contributed by atoms with Crippen molar-refractivity contribution < 1.29 is 0 Å². The van der Waals surface area contributed by atoms with Crippen LogP contribution < -0.4 is 0 Å². The first kappa shape index (κ1) is 22.2. The summed E-state index contributed by atoms with van der Waals surface area (Å²) in [7, 11) is 0. The smallest absolute Gasteiger partial charge is 0.122 e. The minimum absolute atomic E-state index is 0.285. The number of fused-ring (bicyclic) bond motifs is 8. The highest BCUT2D eigenvalue weighted by atomic mass is 15.1. The van der Waals surface area contributed by atoms with E-state index in [1.807, 2.05) is 0 Å². The molecule has 0 saturated carbocycles. The molecular formula is C31H38N2. The SMILES string of the molecule is CC1=C(C)C2c3c(C)c(C)c(C)c(C)c3-n3c(nc4c(C)c(C)c(C)c(C)c43)C2C(C)=C1C. The molecule has 2 nitrogen and oxygen atoms in total. The summed E-state index contributed by atoms with van der Waals surface area (Å²) in [6, 6.07) is 0. The quantitative estimate of drug-likeness (QED) is 0.345. The second-order valence-electron chi connectivity index (χ2n) is 10.8. The van der Waals surface area contributed by atoms with E-state index in [2.05, 4.69) is 87.7 Å². The molecule has 0 spiro atoms. The van der Waals surface area contributed by atoms with Crippen molar-refractivity contribution in [2.75, 3.05) is 0 Å². The molecule has 172 valence electrons. The third-order valence-corrected chi connectivity index (χ3v) is 9.83. The summed E-state index contributed by atoms with van der Waals surface area (Å²) in [5, 5.41) is 0. The molecule has 1 aliphatic carbocycles. The van der Waals surface area contributed by atoms with Gasteiger partial charge in [0.2, 0.25) is 0 Å². The molecule has 33 heavy (non-hydrogen) atoms. The standard InChI is InChI=1S/C31H38N2/c1-13-14(2)21(9)27-25(19(13)7)26-20(8)15(3)17(5)23(11)29(26)33-30-24(12)18(6)16(4)22(10)28(30)32-31(27)33/h25,27H,1-12H3. The number of rotatable bonds is 0. The van der Waals surface area contributed by atoms with E-state index >= 15 is 0 Å². The van der Waals surface area contributed by atoms with E-state index < -0.39 is 0 Å². The van der Waals surface area contributed by atoms with Crippen LogP contribution in [0.25, 0.3) is 16.7 Å². The van der Waals surface area contributed by atoms with Crippen molar-refractivity contribution in [3.63, 3.8) is 0 Å². The number of aryl methyl sites for hydroxylation is 2. The maximum atomic E-state index is 5.47. The molecule has 1 aliphatic heterocycles. The molecule has 2 aliphatic rings. The monoisotopic (exact) mass is 438 g/mol. The molecule has 0 saturated heterocycles. The van der Waals surface area contributed by atoms with Gasteiger partial charge in [-0.25, -0.2) is 4.98 Å². The number of benzene rings is 2. The van der Waals surface area contributed by atoms with E-state index in [4.69, 9.17) is 4.98 Å². The Morgan fingerprint density at radius 3 is 1.61 bits per heavy atom. The number of hydrogen-bond acceptors (Lipinski definition) is 1. The molecule has 1 aromatic heterocycles. The molecule has 2 atom stereocenters. The lowest BCUT2D eigenvalue weighted by molar-refractivity contribution is 0.572. The van der Waals surface area contributed by atoms with Crippen molar-refractivity contribution in [1.82, 2.24) is 9.55 Å². The van der Waals surface area contributed by atoms with Gasteiger partial charge in [0.25, 0.3) is 0 Å². The van der Waals surface area contributed by atoms with E-state index in [0.29, 0.717) is 5.92 Å². The molecule has 5 rings (SSSR count). The highest BCUT2D eigenvalue weighted by Crippen LogP contribution is 2.56. The van der Waals surface area contributed by atoms with Gasteiger partial charge in [-0.15, -0.1) is 0 Å². The Morgan fingerprint density at radius 1 is 0.515 bits per heavy atom. The predicted molar refractivity (Wildman–Crippen MR) is 141 cm³/mol. The van der Waals surface area contributed by atoms with Gasteiger partial charge in [0.1, 0.15) is 5.82 Å². The van der Waals surface area contributed by atoms with Crippen molar-refractivity contribution in [3.05, 3.63) is 78.2 Å². The van der Waals surface area contributed by atoms with E-state index in [0.717, 1.165) is 0 Å². The summed E-state index contributed by atoms with van der Waals surface area (Å²) < 4.78 is 2.57.